The lowest BCUT2D eigenvalue weighted by Crippen LogP contribution is -2.35. The molecular weight excluding hydrogens is 146 g/mol. The van der Waals surface area contributed by atoms with E-state index in [1.807, 2.05) is 0 Å². The highest BCUT2D eigenvalue weighted by molar-refractivity contribution is 5.91. The molecule has 0 atom stereocenters. The van der Waals surface area contributed by atoms with E-state index in [1.165, 1.54) is 4.90 Å². The van der Waals surface area contributed by atoms with E-state index in [0.29, 0.717) is 13.2 Å². The van der Waals surface area contributed by atoms with Crippen LogP contribution in [0.4, 0.5) is 4.79 Å². The van der Waals surface area contributed by atoms with E-state index in [1.54, 1.807) is 14.1 Å². The first-order valence-corrected chi connectivity index (χ1v) is 3.30. The molecule has 62 valence electrons. The van der Waals surface area contributed by atoms with Crippen LogP contribution in [0.2, 0.25) is 0 Å². The van der Waals surface area contributed by atoms with Crippen LogP contribution in [0, 0.1) is 0 Å². The van der Waals surface area contributed by atoms with E-state index >= 15 is 0 Å². The molecule has 1 fully saturated rings. The number of hydrogen-bond acceptors (Lipinski definition) is 3. The van der Waals surface area contributed by atoms with Crippen molar-refractivity contribution in [3.63, 3.8) is 0 Å². The Balaban J connectivity index is 2.25. The third kappa shape index (κ3) is 2.19. The molecular formula is C6H11N3O2. The summed E-state index contributed by atoms with van der Waals surface area (Å²) in [5, 5.41) is 3.80. The zero-order chi connectivity index (χ0) is 8.27. The van der Waals surface area contributed by atoms with Crippen LogP contribution in [0.15, 0.2) is 5.10 Å². The Bertz CT molecular complexity index is 182. The van der Waals surface area contributed by atoms with Gasteiger partial charge in [0.05, 0.1) is 18.9 Å². The highest BCUT2D eigenvalue weighted by atomic mass is 16.5. The van der Waals surface area contributed by atoms with E-state index in [0.717, 1.165) is 5.71 Å². The second kappa shape index (κ2) is 3.34. The molecule has 0 aromatic rings. The minimum absolute atomic E-state index is 0.218. The summed E-state index contributed by atoms with van der Waals surface area (Å²) in [5.41, 5.74) is 3.25. The summed E-state index contributed by atoms with van der Waals surface area (Å²) in [6, 6.07) is -0.218. The molecule has 5 heteroatoms. The van der Waals surface area contributed by atoms with E-state index in [4.69, 9.17) is 4.74 Å². The largest absolute Gasteiger partial charge is 0.369 e. The molecule has 5 nitrogen and oxygen atoms in total. The van der Waals surface area contributed by atoms with Crippen molar-refractivity contribution in [2.45, 2.75) is 0 Å². The molecule has 0 unspecified atom stereocenters. The van der Waals surface area contributed by atoms with Crippen LogP contribution in [-0.2, 0) is 4.74 Å². The predicted octanol–water partition coefficient (Wildman–Crippen LogP) is -0.356. The molecule has 0 spiro atoms. The summed E-state index contributed by atoms with van der Waals surface area (Å²) >= 11 is 0. The number of rotatable bonds is 1. The predicted molar refractivity (Wildman–Crippen MR) is 40.5 cm³/mol. The third-order valence-corrected chi connectivity index (χ3v) is 1.25. The fourth-order valence-electron chi connectivity index (χ4n) is 0.485. The van der Waals surface area contributed by atoms with Gasteiger partial charge in [0.2, 0.25) is 0 Å². The van der Waals surface area contributed by atoms with Gasteiger partial charge in [0.1, 0.15) is 0 Å². The van der Waals surface area contributed by atoms with Gasteiger partial charge in [-0.3, -0.25) is 0 Å². The number of amides is 2. The fraction of sp³-hybridized carbons (Fsp3) is 0.667. The van der Waals surface area contributed by atoms with E-state index in [2.05, 4.69) is 10.5 Å². The van der Waals surface area contributed by atoms with Gasteiger partial charge in [0, 0.05) is 14.1 Å². The zero-order valence-corrected chi connectivity index (χ0v) is 6.63. The first-order chi connectivity index (χ1) is 5.20. The molecule has 0 aromatic carbocycles. The second-order valence-corrected chi connectivity index (χ2v) is 2.48. The number of nitrogens with zero attached hydrogens (tertiary/aromatic N) is 2. The van der Waals surface area contributed by atoms with Crippen LogP contribution < -0.4 is 5.43 Å². The highest BCUT2D eigenvalue weighted by Crippen LogP contribution is 1.93. The number of nitrogens with one attached hydrogen (secondary N) is 1. The minimum Gasteiger partial charge on any atom is -0.369 e. The Morgan fingerprint density at radius 2 is 2.27 bits per heavy atom. The van der Waals surface area contributed by atoms with Crippen molar-refractivity contribution in [3.8, 4) is 0 Å². The summed E-state index contributed by atoms with van der Waals surface area (Å²) in [6.07, 6.45) is 0. The molecule has 1 saturated heterocycles. The van der Waals surface area contributed by atoms with E-state index in [-0.39, 0.29) is 6.03 Å². The third-order valence-electron chi connectivity index (χ3n) is 1.25. The average Bonchev–Trinajstić information content (AvgIpc) is 1.83. The number of hydrazone groups is 1. The standard InChI is InChI=1S/C6H11N3O2/c1-9(2)6(10)8-7-5-3-11-4-5/h3-4H2,1-2H3,(H,8,10). The SMILES string of the molecule is CN(C)C(=O)NN=C1COC1. The number of carbonyl (C=O) groups is 1. The summed E-state index contributed by atoms with van der Waals surface area (Å²) in [4.78, 5) is 12.3. The van der Waals surface area contributed by atoms with Crippen molar-refractivity contribution >= 4 is 11.7 Å². The fourth-order valence-corrected chi connectivity index (χ4v) is 0.485. The first kappa shape index (κ1) is 8.00. The van der Waals surface area contributed by atoms with Gasteiger partial charge in [0.15, 0.2) is 0 Å². The number of carbonyl (C=O) groups excluding carboxylic acids is 1. The number of urea groups is 1. The van der Waals surface area contributed by atoms with Crippen molar-refractivity contribution in [2.24, 2.45) is 5.10 Å². The molecule has 11 heavy (non-hydrogen) atoms. The molecule has 1 aliphatic rings. The number of ether oxygens (including phenoxy) is 1. The quantitative estimate of drug-likeness (QED) is 0.529. The van der Waals surface area contributed by atoms with Crippen LogP contribution in [0.25, 0.3) is 0 Å². The summed E-state index contributed by atoms with van der Waals surface area (Å²) in [6.45, 7) is 1.07. The van der Waals surface area contributed by atoms with Crippen LogP contribution >= 0.6 is 0 Å². The van der Waals surface area contributed by atoms with Gasteiger partial charge >= 0.3 is 6.03 Å². The molecule has 0 bridgehead atoms. The van der Waals surface area contributed by atoms with Crippen LogP contribution in [0.5, 0.6) is 0 Å². The average molecular weight is 157 g/mol. The van der Waals surface area contributed by atoms with Gasteiger partial charge in [-0.15, -0.1) is 0 Å². The van der Waals surface area contributed by atoms with Crippen molar-refractivity contribution < 1.29 is 9.53 Å². The Kier molecular flexibility index (Phi) is 2.43. The minimum atomic E-state index is -0.218. The summed E-state index contributed by atoms with van der Waals surface area (Å²) in [5.74, 6) is 0. The molecule has 0 aromatic heterocycles. The molecule has 1 rings (SSSR count). The summed E-state index contributed by atoms with van der Waals surface area (Å²) < 4.78 is 4.83. The normalized spacial score (nSPS) is 15.3. The molecule has 0 radical (unpaired) electrons. The molecule has 1 N–H and O–H groups in total. The molecule has 0 aliphatic carbocycles. The molecule has 0 saturated carbocycles. The van der Waals surface area contributed by atoms with Crippen molar-refractivity contribution in [3.05, 3.63) is 0 Å². The van der Waals surface area contributed by atoms with Gasteiger partial charge in [0.25, 0.3) is 0 Å². The zero-order valence-electron chi connectivity index (χ0n) is 6.63. The Labute approximate surface area is 65.0 Å². The van der Waals surface area contributed by atoms with E-state index in [9.17, 15) is 4.79 Å². The molecule has 2 amide bonds. The smallest absolute Gasteiger partial charge is 0.337 e. The number of hydrogen-bond donors (Lipinski definition) is 1. The lowest BCUT2D eigenvalue weighted by Gasteiger charge is -2.16. The lowest BCUT2D eigenvalue weighted by molar-refractivity contribution is 0.157. The van der Waals surface area contributed by atoms with Crippen molar-refractivity contribution in [1.29, 1.82) is 0 Å². The Morgan fingerprint density at radius 1 is 1.64 bits per heavy atom. The van der Waals surface area contributed by atoms with Crippen LogP contribution in [-0.4, -0.2) is 44.0 Å². The topological polar surface area (TPSA) is 53.9 Å². The molecule has 1 aliphatic heterocycles. The van der Waals surface area contributed by atoms with Gasteiger partial charge in [-0.2, -0.15) is 5.10 Å². The van der Waals surface area contributed by atoms with Gasteiger partial charge in [-0.05, 0) is 0 Å². The van der Waals surface area contributed by atoms with Crippen molar-refractivity contribution in [1.82, 2.24) is 10.3 Å². The van der Waals surface area contributed by atoms with Gasteiger partial charge in [-0.25, -0.2) is 10.2 Å². The van der Waals surface area contributed by atoms with Crippen LogP contribution in [0.3, 0.4) is 0 Å². The van der Waals surface area contributed by atoms with Gasteiger partial charge in [-0.1, -0.05) is 0 Å². The highest BCUT2D eigenvalue weighted by Gasteiger charge is 2.11. The maximum Gasteiger partial charge on any atom is 0.337 e. The van der Waals surface area contributed by atoms with Gasteiger partial charge < -0.3 is 9.64 Å². The maximum absolute atomic E-state index is 10.9. The Hall–Kier alpha value is -1.10. The van der Waals surface area contributed by atoms with Crippen molar-refractivity contribution in [2.75, 3.05) is 27.3 Å². The second-order valence-electron chi connectivity index (χ2n) is 2.48. The monoisotopic (exact) mass is 157 g/mol. The maximum atomic E-state index is 10.9. The first-order valence-electron chi connectivity index (χ1n) is 3.30. The summed E-state index contributed by atoms with van der Waals surface area (Å²) in [7, 11) is 3.32. The lowest BCUT2D eigenvalue weighted by atomic mass is 10.3. The van der Waals surface area contributed by atoms with Crippen LogP contribution in [0.1, 0.15) is 0 Å². The molecule has 1 heterocycles. The Morgan fingerprint density at radius 3 is 2.64 bits per heavy atom. The van der Waals surface area contributed by atoms with E-state index < -0.39 is 0 Å².